The minimum atomic E-state index is -0.799. The van der Waals surface area contributed by atoms with E-state index in [1.165, 1.54) is 22.8 Å². The highest BCUT2D eigenvalue weighted by Crippen LogP contribution is 2.39. The van der Waals surface area contributed by atoms with Crippen LogP contribution < -0.4 is 5.56 Å². The van der Waals surface area contributed by atoms with Crippen LogP contribution >= 0.6 is 0 Å². The maximum atomic E-state index is 13.8. The zero-order valence-corrected chi connectivity index (χ0v) is 16.3. The molecule has 3 N–H and O–H groups in total. The van der Waals surface area contributed by atoms with Gasteiger partial charge in [0.1, 0.15) is 17.0 Å². The number of halogens is 1. The monoisotopic (exact) mass is 406 g/mol. The summed E-state index contributed by atoms with van der Waals surface area (Å²) in [6, 6.07) is 14.8. The highest BCUT2D eigenvalue weighted by Gasteiger charge is 2.23. The molecule has 0 aliphatic heterocycles. The predicted molar refractivity (Wildman–Crippen MR) is 111 cm³/mol. The Hall–Kier alpha value is -3.87. The Balaban J connectivity index is 2.12. The van der Waals surface area contributed by atoms with E-state index in [0.717, 1.165) is 11.6 Å². The summed E-state index contributed by atoms with van der Waals surface area (Å²) >= 11 is 0. The van der Waals surface area contributed by atoms with Crippen LogP contribution in [0.2, 0.25) is 0 Å². The number of aryl methyl sites for hydroxylation is 1. The van der Waals surface area contributed by atoms with Gasteiger partial charge in [0.25, 0.3) is 5.56 Å². The number of aromatic hydroxyl groups is 3. The maximum Gasteiger partial charge on any atom is 0.269 e. The molecule has 6 nitrogen and oxygen atoms in total. The number of phenols is 3. The van der Waals surface area contributed by atoms with E-state index in [0.29, 0.717) is 17.1 Å². The van der Waals surface area contributed by atoms with Crippen molar-refractivity contribution >= 4 is 10.9 Å². The third kappa shape index (κ3) is 3.04. The lowest BCUT2D eigenvalue weighted by Crippen LogP contribution is -2.25. The lowest BCUT2D eigenvalue weighted by atomic mass is 9.99. The van der Waals surface area contributed by atoms with Crippen LogP contribution in [0.4, 0.5) is 4.39 Å². The molecule has 1 unspecified atom stereocenters. The van der Waals surface area contributed by atoms with Crippen molar-refractivity contribution in [1.29, 1.82) is 0 Å². The summed E-state index contributed by atoms with van der Waals surface area (Å²) in [6.45, 7) is 3.45. The molecular weight excluding hydrogens is 387 g/mol. The molecule has 1 atom stereocenters. The molecule has 3 aromatic carbocycles. The highest BCUT2D eigenvalue weighted by atomic mass is 19.1. The van der Waals surface area contributed by atoms with Gasteiger partial charge in [-0.05, 0) is 36.2 Å². The standard InChI is InChI=1S/C23H19FN2O4/c1-12-10-15(8-9-16(12)24)26-22(13(2)14-6-4-3-5-7-14)25-17-11-18(27)20(28)21(29)19(17)23(26)30/h3-11,13,27-29H,1-2H3. The average Bonchev–Trinajstić information content (AvgIpc) is 2.74. The van der Waals surface area contributed by atoms with Crippen molar-refractivity contribution in [2.24, 2.45) is 0 Å². The van der Waals surface area contributed by atoms with E-state index >= 15 is 0 Å². The molecule has 0 fully saturated rings. The quantitative estimate of drug-likeness (QED) is 0.445. The van der Waals surface area contributed by atoms with E-state index in [-0.39, 0.29) is 16.8 Å². The first kappa shape index (κ1) is 19.4. The molecule has 0 amide bonds. The number of hydrogen-bond donors (Lipinski definition) is 3. The molecule has 0 aliphatic carbocycles. The Kier molecular flexibility index (Phi) is 4.66. The van der Waals surface area contributed by atoms with Crippen molar-refractivity contribution in [3.63, 3.8) is 0 Å². The fourth-order valence-corrected chi connectivity index (χ4v) is 3.52. The van der Waals surface area contributed by atoms with E-state index in [9.17, 15) is 24.5 Å². The molecule has 1 heterocycles. The van der Waals surface area contributed by atoms with Crippen LogP contribution in [0.15, 0.2) is 59.4 Å². The van der Waals surface area contributed by atoms with Gasteiger partial charge in [0.15, 0.2) is 11.5 Å². The molecule has 1 aromatic heterocycles. The molecule has 30 heavy (non-hydrogen) atoms. The summed E-state index contributed by atoms with van der Waals surface area (Å²) in [5.41, 5.74) is 1.01. The van der Waals surface area contributed by atoms with Gasteiger partial charge in [-0.2, -0.15) is 0 Å². The van der Waals surface area contributed by atoms with E-state index < -0.39 is 28.6 Å². The maximum absolute atomic E-state index is 13.8. The molecule has 0 radical (unpaired) electrons. The second-order valence-corrected chi connectivity index (χ2v) is 7.16. The Morgan fingerprint density at radius 1 is 1.00 bits per heavy atom. The van der Waals surface area contributed by atoms with Gasteiger partial charge >= 0.3 is 0 Å². The predicted octanol–water partition coefficient (Wildman–Crippen LogP) is 4.10. The number of hydrogen-bond acceptors (Lipinski definition) is 5. The van der Waals surface area contributed by atoms with E-state index in [2.05, 4.69) is 4.98 Å². The molecule has 0 bridgehead atoms. The first-order valence-electron chi connectivity index (χ1n) is 9.31. The number of nitrogens with zero attached hydrogens (tertiary/aromatic N) is 2. The lowest BCUT2D eigenvalue weighted by Gasteiger charge is -2.20. The zero-order chi connectivity index (χ0) is 21.6. The van der Waals surface area contributed by atoms with Crippen molar-refractivity contribution in [3.05, 3.63) is 87.7 Å². The molecule has 152 valence electrons. The van der Waals surface area contributed by atoms with Crippen molar-refractivity contribution in [3.8, 4) is 22.9 Å². The van der Waals surface area contributed by atoms with E-state index in [4.69, 9.17) is 0 Å². The van der Waals surface area contributed by atoms with Gasteiger partial charge in [-0.3, -0.25) is 9.36 Å². The Morgan fingerprint density at radius 3 is 2.37 bits per heavy atom. The molecule has 0 saturated carbocycles. The molecule has 0 saturated heterocycles. The van der Waals surface area contributed by atoms with Gasteiger partial charge in [-0.25, -0.2) is 9.37 Å². The number of benzene rings is 3. The molecular formula is C23H19FN2O4. The Bertz CT molecular complexity index is 1330. The van der Waals surface area contributed by atoms with Crippen LogP contribution in [0.5, 0.6) is 17.2 Å². The van der Waals surface area contributed by atoms with Crippen molar-refractivity contribution in [2.75, 3.05) is 0 Å². The van der Waals surface area contributed by atoms with Gasteiger partial charge in [0.05, 0.1) is 11.2 Å². The van der Waals surface area contributed by atoms with Crippen LogP contribution in [0.1, 0.15) is 29.8 Å². The summed E-state index contributed by atoms with van der Waals surface area (Å²) in [5.74, 6) is -2.55. The topological polar surface area (TPSA) is 95.6 Å². The lowest BCUT2D eigenvalue weighted by molar-refractivity contribution is 0.371. The molecule has 7 heteroatoms. The van der Waals surface area contributed by atoms with E-state index in [1.807, 2.05) is 37.3 Å². The fourth-order valence-electron chi connectivity index (χ4n) is 3.52. The minimum Gasteiger partial charge on any atom is -0.504 e. The number of rotatable bonds is 3. The van der Waals surface area contributed by atoms with Gasteiger partial charge in [0.2, 0.25) is 5.75 Å². The van der Waals surface area contributed by atoms with Crippen molar-refractivity contribution in [2.45, 2.75) is 19.8 Å². The summed E-state index contributed by atoms with van der Waals surface area (Å²) in [5, 5.41) is 29.9. The first-order chi connectivity index (χ1) is 14.3. The van der Waals surface area contributed by atoms with Gasteiger partial charge in [-0.1, -0.05) is 37.3 Å². The number of phenolic OH excluding ortho intramolecular Hbond substituents is 3. The van der Waals surface area contributed by atoms with E-state index in [1.54, 1.807) is 6.92 Å². The zero-order valence-electron chi connectivity index (χ0n) is 16.3. The molecule has 4 aromatic rings. The van der Waals surface area contributed by atoms with Crippen LogP contribution in [-0.2, 0) is 0 Å². The second-order valence-electron chi connectivity index (χ2n) is 7.16. The fraction of sp³-hybridized carbons (Fsp3) is 0.130. The Morgan fingerprint density at radius 2 is 1.70 bits per heavy atom. The third-order valence-electron chi connectivity index (χ3n) is 5.20. The SMILES string of the molecule is Cc1cc(-n2c(C(C)c3ccccc3)nc3cc(O)c(O)c(O)c3c2=O)ccc1F. The number of fused-ring (bicyclic) bond motifs is 1. The summed E-state index contributed by atoms with van der Waals surface area (Å²) < 4.78 is 15.1. The van der Waals surface area contributed by atoms with Crippen LogP contribution in [0.25, 0.3) is 16.6 Å². The summed E-state index contributed by atoms with van der Waals surface area (Å²) in [7, 11) is 0. The van der Waals surface area contributed by atoms with Gasteiger partial charge < -0.3 is 15.3 Å². The van der Waals surface area contributed by atoms with Gasteiger partial charge in [0, 0.05) is 12.0 Å². The highest BCUT2D eigenvalue weighted by molar-refractivity contribution is 5.89. The molecule has 0 spiro atoms. The summed E-state index contributed by atoms with van der Waals surface area (Å²) in [6.07, 6.45) is 0. The van der Waals surface area contributed by atoms with Gasteiger partial charge in [-0.15, -0.1) is 0 Å². The smallest absolute Gasteiger partial charge is 0.269 e. The number of aromatic nitrogens is 2. The van der Waals surface area contributed by atoms with Crippen molar-refractivity contribution < 1.29 is 19.7 Å². The Labute approximate surface area is 171 Å². The van der Waals surface area contributed by atoms with Crippen LogP contribution in [0, 0.1) is 12.7 Å². The average molecular weight is 406 g/mol. The first-order valence-corrected chi connectivity index (χ1v) is 9.31. The summed E-state index contributed by atoms with van der Waals surface area (Å²) in [4.78, 5) is 18.0. The molecule has 4 rings (SSSR count). The molecule has 0 aliphatic rings. The largest absolute Gasteiger partial charge is 0.504 e. The normalized spacial score (nSPS) is 12.2. The van der Waals surface area contributed by atoms with Crippen LogP contribution in [0.3, 0.4) is 0 Å². The van der Waals surface area contributed by atoms with Crippen molar-refractivity contribution in [1.82, 2.24) is 9.55 Å². The van der Waals surface area contributed by atoms with Crippen LogP contribution in [-0.4, -0.2) is 24.9 Å². The minimum absolute atomic E-state index is 0.0423. The third-order valence-corrected chi connectivity index (χ3v) is 5.20. The second kappa shape index (κ2) is 7.18.